The van der Waals surface area contributed by atoms with Gasteiger partial charge in [-0.05, 0) is 37.1 Å². The van der Waals surface area contributed by atoms with E-state index in [0.29, 0.717) is 5.69 Å². The van der Waals surface area contributed by atoms with Crippen molar-refractivity contribution in [2.45, 2.75) is 38.1 Å². The van der Waals surface area contributed by atoms with Gasteiger partial charge in [0.15, 0.2) is 0 Å². The van der Waals surface area contributed by atoms with E-state index in [9.17, 15) is 14.0 Å². The summed E-state index contributed by atoms with van der Waals surface area (Å²) < 4.78 is 13.0. The van der Waals surface area contributed by atoms with Gasteiger partial charge in [-0.25, -0.2) is 9.29 Å². The van der Waals surface area contributed by atoms with Gasteiger partial charge in [0, 0.05) is 6.04 Å². The van der Waals surface area contributed by atoms with Gasteiger partial charge in [0.1, 0.15) is 16.5 Å². The molecular formula is C16H16ClFN2O2. The van der Waals surface area contributed by atoms with Crippen molar-refractivity contribution >= 4 is 29.1 Å². The lowest BCUT2D eigenvalue weighted by molar-refractivity contribution is -0.120. The fourth-order valence-electron chi connectivity index (χ4n) is 2.90. The molecule has 2 amide bonds. The lowest BCUT2D eigenvalue weighted by Gasteiger charge is -2.24. The molecule has 1 fully saturated rings. The molecular weight excluding hydrogens is 307 g/mol. The summed E-state index contributed by atoms with van der Waals surface area (Å²) >= 11 is 6.05. The second-order valence-corrected chi connectivity index (χ2v) is 5.97. The summed E-state index contributed by atoms with van der Waals surface area (Å²) in [6.45, 7) is 0. The Morgan fingerprint density at radius 3 is 2.32 bits per heavy atom. The zero-order valence-corrected chi connectivity index (χ0v) is 12.7. The minimum absolute atomic E-state index is 0.0973. The van der Waals surface area contributed by atoms with Gasteiger partial charge in [-0.2, -0.15) is 0 Å². The first-order valence-corrected chi connectivity index (χ1v) is 7.76. The molecule has 6 heteroatoms. The largest absolute Gasteiger partial charge is 0.376 e. The molecule has 1 aliphatic carbocycles. The van der Waals surface area contributed by atoms with Crippen molar-refractivity contribution in [1.82, 2.24) is 5.32 Å². The molecule has 22 heavy (non-hydrogen) atoms. The maximum atomic E-state index is 13.0. The van der Waals surface area contributed by atoms with Crippen molar-refractivity contribution in [1.29, 1.82) is 0 Å². The predicted octanol–water partition coefficient (Wildman–Crippen LogP) is 3.07. The van der Waals surface area contributed by atoms with Crippen LogP contribution >= 0.6 is 11.6 Å². The second-order valence-electron chi connectivity index (χ2n) is 5.59. The summed E-state index contributed by atoms with van der Waals surface area (Å²) in [6.07, 6.45) is 5.33. The lowest BCUT2D eigenvalue weighted by Crippen LogP contribution is -2.37. The van der Waals surface area contributed by atoms with E-state index in [2.05, 4.69) is 5.32 Å². The van der Waals surface area contributed by atoms with Crippen LogP contribution in [0.4, 0.5) is 10.1 Å². The van der Waals surface area contributed by atoms with E-state index < -0.39 is 17.6 Å². The van der Waals surface area contributed by atoms with Crippen LogP contribution in [-0.4, -0.2) is 17.9 Å². The predicted molar refractivity (Wildman–Crippen MR) is 81.8 cm³/mol. The number of halogens is 2. The van der Waals surface area contributed by atoms with Crippen LogP contribution < -0.4 is 10.2 Å². The van der Waals surface area contributed by atoms with E-state index in [0.717, 1.165) is 30.6 Å². The summed E-state index contributed by atoms with van der Waals surface area (Å²) in [5, 5.41) is 3.02. The highest BCUT2D eigenvalue weighted by molar-refractivity contribution is 6.52. The van der Waals surface area contributed by atoms with Crippen LogP contribution in [0.15, 0.2) is 35.0 Å². The number of carbonyl (C=O) groups excluding carboxylic acids is 2. The number of imide groups is 1. The Morgan fingerprint density at radius 2 is 1.68 bits per heavy atom. The Balaban J connectivity index is 1.81. The fraction of sp³-hybridized carbons (Fsp3) is 0.375. The highest BCUT2D eigenvalue weighted by Crippen LogP contribution is 2.29. The number of amides is 2. The molecule has 1 saturated carbocycles. The van der Waals surface area contributed by atoms with Crippen molar-refractivity contribution in [2.75, 3.05) is 4.90 Å². The van der Waals surface area contributed by atoms with E-state index in [-0.39, 0.29) is 16.8 Å². The number of nitrogens with zero attached hydrogens (tertiary/aromatic N) is 1. The number of anilines is 1. The zero-order valence-electron chi connectivity index (χ0n) is 11.9. The van der Waals surface area contributed by atoms with Gasteiger partial charge in [-0.3, -0.25) is 9.59 Å². The third-order valence-electron chi connectivity index (χ3n) is 4.07. The molecule has 1 aliphatic heterocycles. The maximum absolute atomic E-state index is 13.0. The molecule has 0 aromatic heterocycles. The Morgan fingerprint density at radius 1 is 1.05 bits per heavy atom. The molecule has 1 aromatic rings. The Labute approximate surface area is 132 Å². The normalized spacial score (nSPS) is 20.0. The zero-order chi connectivity index (χ0) is 15.7. The van der Waals surface area contributed by atoms with E-state index in [4.69, 9.17) is 11.6 Å². The van der Waals surface area contributed by atoms with Crippen LogP contribution in [0.25, 0.3) is 0 Å². The Bertz CT molecular complexity index is 636. The summed E-state index contributed by atoms with van der Waals surface area (Å²) in [5.41, 5.74) is 0.470. The van der Waals surface area contributed by atoms with Crippen LogP contribution in [0.3, 0.4) is 0 Å². The Hall–Kier alpha value is -1.88. The summed E-state index contributed by atoms with van der Waals surface area (Å²) in [6, 6.07) is 5.35. The van der Waals surface area contributed by atoms with E-state index in [1.165, 1.54) is 30.7 Å². The summed E-state index contributed by atoms with van der Waals surface area (Å²) in [5.74, 6) is -1.48. The molecule has 0 radical (unpaired) electrons. The smallest absolute Gasteiger partial charge is 0.283 e. The maximum Gasteiger partial charge on any atom is 0.283 e. The van der Waals surface area contributed by atoms with Gasteiger partial charge < -0.3 is 5.32 Å². The fourth-order valence-corrected chi connectivity index (χ4v) is 3.12. The highest BCUT2D eigenvalue weighted by atomic mass is 35.5. The molecule has 1 N–H and O–H groups in total. The van der Waals surface area contributed by atoms with E-state index in [1.807, 2.05) is 0 Å². The van der Waals surface area contributed by atoms with Crippen molar-refractivity contribution in [3.8, 4) is 0 Å². The number of rotatable bonds is 3. The van der Waals surface area contributed by atoms with Gasteiger partial charge in [-0.15, -0.1) is 0 Å². The van der Waals surface area contributed by atoms with Gasteiger partial charge in [-0.1, -0.05) is 30.9 Å². The van der Waals surface area contributed by atoms with Crippen LogP contribution in [0.5, 0.6) is 0 Å². The molecule has 116 valence electrons. The number of benzene rings is 1. The van der Waals surface area contributed by atoms with Crippen LogP contribution in [0.2, 0.25) is 0 Å². The molecule has 1 aromatic carbocycles. The topological polar surface area (TPSA) is 49.4 Å². The first kappa shape index (κ1) is 15.0. The quantitative estimate of drug-likeness (QED) is 0.870. The average Bonchev–Trinajstić information content (AvgIpc) is 2.73. The number of hydrogen-bond acceptors (Lipinski definition) is 3. The van der Waals surface area contributed by atoms with E-state index >= 15 is 0 Å². The minimum Gasteiger partial charge on any atom is -0.376 e. The molecule has 0 atom stereocenters. The summed E-state index contributed by atoms with van der Waals surface area (Å²) in [7, 11) is 0. The van der Waals surface area contributed by atoms with Gasteiger partial charge in [0.05, 0.1) is 5.69 Å². The number of carbonyl (C=O) groups is 2. The van der Waals surface area contributed by atoms with Gasteiger partial charge in [0.2, 0.25) is 0 Å². The van der Waals surface area contributed by atoms with Gasteiger partial charge >= 0.3 is 0 Å². The van der Waals surface area contributed by atoms with Crippen molar-refractivity contribution < 1.29 is 14.0 Å². The first-order valence-electron chi connectivity index (χ1n) is 7.38. The average molecular weight is 323 g/mol. The molecule has 0 spiro atoms. The highest BCUT2D eigenvalue weighted by Gasteiger charge is 2.39. The molecule has 0 bridgehead atoms. The van der Waals surface area contributed by atoms with Gasteiger partial charge in [0.25, 0.3) is 11.8 Å². The second kappa shape index (κ2) is 6.08. The standard InChI is InChI=1S/C16H16ClFN2O2/c17-13-14(19-11-4-2-1-3-5-11)16(22)20(15(13)21)12-8-6-10(18)7-9-12/h6-9,11,19H,1-5H2. The molecule has 0 unspecified atom stereocenters. The van der Waals surface area contributed by atoms with Crippen molar-refractivity contribution in [2.24, 2.45) is 0 Å². The number of nitrogens with one attached hydrogen (secondary N) is 1. The number of hydrogen-bond donors (Lipinski definition) is 1. The van der Waals surface area contributed by atoms with Crippen LogP contribution in [0.1, 0.15) is 32.1 Å². The third kappa shape index (κ3) is 2.73. The molecule has 2 aliphatic rings. The molecule has 0 saturated heterocycles. The lowest BCUT2D eigenvalue weighted by atomic mass is 9.95. The monoisotopic (exact) mass is 322 g/mol. The Kier molecular flexibility index (Phi) is 4.16. The van der Waals surface area contributed by atoms with Crippen molar-refractivity contribution in [3.05, 3.63) is 40.8 Å². The van der Waals surface area contributed by atoms with Crippen molar-refractivity contribution in [3.63, 3.8) is 0 Å². The summed E-state index contributed by atoms with van der Waals surface area (Å²) in [4.78, 5) is 25.7. The SMILES string of the molecule is O=C1C(Cl)=C(NC2CCCCC2)C(=O)N1c1ccc(F)cc1. The molecule has 4 nitrogen and oxygen atoms in total. The molecule has 3 rings (SSSR count). The molecule has 1 heterocycles. The van der Waals surface area contributed by atoms with Crippen LogP contribution in [0, 0.1) is 5.82 Å². The third-order valence-corrected chi connectivity index (χ3v) is 4.42. The van der Waals surface area contributed by atoms with Crippen LogP contribution in [-0.2, 0) is 9.59 Å². The van der Waals surface area contributed by atoms with E-state index in [1.54, 1.807) is 0 Å². The first-order chi connectivity index (χ1) is 10.6. The minimum atomic E-state index is -0.573.